The number of rotatable bonds is 4. The molecule has 6 nitrogen and oxygen atoms in total. The minimum atomic E-state index is -2.99. The maximum atomic E-state index is 13.5. The number of fused-ring (bicyclic) bond motifs is 1. The fourth-order valence-corrected chi connectivity index (χ4v) is 5.42. The molecule has 2 N–H and O–H groups in total. The number of carbonyl (C=O) groups is 1. The van der Waals surface area contributed by atoms with Crippen molar-refractivity contribution in [3.05, 3.63) is 24.0 Å². The monoisotopic (exact) mass is 357 g/mol. The molecule has 1 fully saturated rings. The molecule has 3 rings (SSSR count). The molecule has 0 saturated carbocycles. The zero-order chi connectivity index (χ0) is 16.4. The third-order valence-electron chi connectivity index (χ3n) is 3.80. The van der Waals surface area contributed by atoms with Gasteiger partial charge in [0.1, 0.15) is 11.3 Å². The number of anilines is 1. The highest BCUT2D eigenvalue weighted by Gasteiger charge is 2.30. The summed E-state index contributed by atoms with van der Waals surface area (Å²) in [6, 6.07) is 4.15. The van der Waals surface area contributed by atoms with Crippen molar-refractivity contribution in [2.24, 2.45) is 0 Å². The fourth-order valence-electron chi connectivity index (χ4n) is 2.64. The van der Waals surface area contributed by atoms with Crippen LogP contribution in [0, 0.1) is 5.82 Å². The van der Waals surface area contributed by atoms with Gasteiger partial charge in [0.15, 0.2) is 15.0 Å². The first kappa shape index (κ1) is 16.1. The van der Waals surface area contributed by atoms with Crippen LogP contribution in [-0.4, -0.2) is 37.0 Å². The topological polar surface area (TPSA) is 88.2 Å². The Kier molecular flexibility index (Phi) is 4.49. The summed E-state index contributed by atoms with van der Waals surface area (Å²) in [6.45, 7) is 0.273. The average molecular weight is 357 g/mol. The van der Waals surface area contributed by atoms with Crippen molar-refractivity contribution in [2.45, 2.75) is 24.5 Å². The van der Waals surface area contributed by atoms with E-state index in [1.165, 1.54) is 17.4 Å². The zero-order valence-corrected chi connectivity index (χ0v) is 13.8. The van der Waals surface area contributed by atoms with Crippen LogP contribution in [0.3, 0.4) is 0 Å². The van der Waals surface area contributed by atoms with E-state index in [0.29, 0.717) is 29.1 Å². The van der Waals surface area contributed by atoms with Crippen LogP contribution in [-0.2, 0) is 9.84 Å². The first-order chi connectivity index (χ1) is 11.0. The second-order valence-electron chi connectivity index (χ2n) is 5.41. The van der Waals surface area contributed by atoms with Gasteiger partial charge in [-0.15, -0.1) is 0 Å². The van der Waals surface area contributed by atoms with Crippen molar-refractivity contribution in [1.29, 1.82) is 0 Å². The minimum absolute atomic E-state index is 0.227. The smallest absolute Gasteiger partial charge is 0.321 e. The SMILES string of the molecule is O=C(NCCC1CCCS1(=O)=O)Nc1nc2c(F)cccc2s1. The van der Waals surface area contributed by atoms with E-state index in [2.05, 4.69) is 15.6 Å². The van der Waals surface area contributed by atoms with Gasteiger partial charge in [0.2, 0.25) is 0 Å². The number of nitrogens with one attached hydrogen (secondary N) is 2. The number of aromatic nitrogens is 1. The first-order valence-electron chi connectivity index (χ1n) is 7.27. The summed E-state index contributed by atoms with van der Waals surface area (Å²) in [5, 5.41) is 5.10. The predicted molar refractivity (Wildman–Crippen MR) is 88.0 cm³/mol. The molecular formula is C14H16FN3O3S2. The van der Waals surface area contributed by atoms with E-state index in [1.54, 1.807) is 12.1 Å². The van der Waals surface area contributed by atoms with Gasteiger partial charge in [0.05, 0.1) is 15.7 Å². The number of sulfone groups is 1. The van der Waals surface area contributed by atoms with Gasteiger partial charge in [0, 0.05) is 6.54 Å². The molecule has 2 amide bonds. The third kappa shape index (κ3) is 3.61. The number of para-hydroxylation sites is 1. The summed E-state index contributed by atoms with van der Waals surface area (Å²) in [5.74, 6) is -0.195. The number of nitrogens with zero attached hydrogens (tertiary/aromatic N) is 1. The second-order valence-corrected chi connectivity index (χ2v) is 8.84. The van der Waals surface area contributed by atoms with Crippen LogP contribution < -0.4 is 10.6 Å². The standard InChI is InChI=1S/C14H16FN3O3S2/c15-10-4-1-5-11-12(10)17-14(22-11)18-13(19)16-7-6-9-3-2-8-23(9,20)21/h1,4-5,9H,2-3,6-8H2,(H2,16,17,18,19). The summed E-state index contributed by atoms with van der Waals surface area (Å²) >= 11 is 1.18. The molecule has 1 unspecified atom stereocenters. The first-order valence-corrected chi connectivity index (χ1v) is 9.80. The molecular weight excluding hydrogens is 341 g/mol. The van der Waals surface area contributed by atoms with Crippen molar-refractivity contribution in [1.82, 2.24) is 10.3 Å². The van der Waals surface area contributed by atoms with E-state index < -0.39 is 21.7 Å². The van der Waals surface area contributed by atoms with Crippen LogP contribution in [0.4, 0.5) is 14.3 Å². The van der Waals surface area contributed by atoms with Crippen LogP contribution in [0.15, 0.2) is 18.2 Å². The van der Waals surface area contributed by atoms with Gasteiger partial charge in [-0.2, -0.15) is 0 Å². The number of amides is 2. The van der Waals surface area contributed by atoms with Crippen LogP contribution in [0.25, 0.3) is 10.2 Å². The molecule has 0 radical (unpaired) electrons. The zero-order valence-electron chi connectivity index (χ0n) is 12.2. The average Bonchev–Trinajstić information content (AvgIpc) is 3.03. The summed E-state index contributed by atoms with van der Waals surface area (Å²) in [7, 11) is -2.99. The number of carbonyl (C=O) groups excluding carboxylic acids is 1. The van der Waals surface area contributed by atoms with E-state index in [-0.39, 0.29) is 23.1 Å². The lowest BCUT2D eigenvalue weighted by atomic mass is 10.2. The molecule has 0 bridgehead atoms. The van der Waals surface area contributed by atoms with E-state index in [1.807, 2.05) is 0 Å². The fraction of sp³-hybridized carbons (Fsp3) is 0.429. The van der Waals surface area contributed by atoms with Gasteiger partial charge in [0.25, 0.3) is 0 Å². The number of urea groups is 1. The van der Waals surface area contributed by atoms with Crippen molar-refractivity contribution in [3.8, 4) is 0 Å². The molecule has 1 aromatic heterocycles. The lowest BCUT2D eigenvalue weighted by Crippen LogP contribution is -2.32. The molecule has 2 heterocycles. The molecule has 1 aliphatic heterocycles. The Balaban J connectivity index is 1.53. The minimum Gasteiger partial charge on any atom is -0.338 e. The number of halogens is 1. The molecule has 1 saturated heterocycles. The van der Waals surface area contributed by atoms with Crippen LogP contribution in [0.5, 0.6) is 0 Å². The molecule has 1 aliphatic rings. The van der Waals surface area contributed by atoms with Gasteiger partial charge in [-0.3, -0.25) is 5.32 Å². The Morgan fingerprint density at radius 1 is 1.43 bits per heavy atom. The maximum Gasteiger partial charge on any atom is 0.321 e. The van der Waals surface area contributed by atoms with Crippen LogP contribution in [0.1, 0.15) is 19.3 Å². The summed E-state index contributed by atoms with van der Waals surface area (Å²) in [5.41, 5.74) is 0.227. The Morgan fingerprint density at radius 3 is 2.96 bits per heavy atom. The molecule has 0 aliphatic carbocycles. The van der Waals surface area contributed by atoms with Gasteiger partial charge in [-0.05, 0) is 31.4 Å². The predicted octanol–water partition coefficient (Wildman–Crippen LogP) is 2.52. The van der Waals surface area contributed by atoms with Crippen LogP contribution in [0.2, 0.25) is 0 Å². The highest BCUT2D eigenvalue weighted by atomic mass is 32.2. The summed E-state index contributed by atoms with van der Waals surface area (Å²) in [4.78, 5) is 15.8. The van der Waals surface area contributed by atoms with Crippen LogP contribution >= 0.6 is 11.3 Å². The Hall–Kier alpha value is -1.74. The molecule has 0 spiro atoms. The van der Waals surface area contributed by atoms with Gasteiger partial charge in [-0.1, -0.05) is 17.4 Å². The molecule has 1 atom stereocenters. The van der Waals surface area contributed by atoms with Crippen molar-refractivity contribution >= 4 is 42.6 Å². The van der Waals surface area contributed by atoms with E-state index in [9.17, 15) is 17.6 Å². The van der Waals surface area contributed by atoms with E-state index >= 15 is 0 Å². The van der Waals surface area contributed by atoms with E-state index in [0.717, 1.165) is 0 Å². The normalized spacial score (nSPS) is 19.8. The second kappa shape index (κ2) is 6.40. The Morgan fingerprint density at radius 2 is 2.26 bits per heavy atom. The third-order valence-corrected chi connectivity index (χ3v) is 7.09. The van der Waals surface area contributed by atoms with Crippen molar-refractivity contribution in [3.63, 3.8) is 0 Å². The van der Waals surface area contributed by atoms with Crippen molar-refractivity contribution in [2.75, 3.05) is 17.6 Å². The number of hydrogen-bond acceptors (Lipinski definition) is 5. The number of hydrogen-bond donors (Lipinski definition) is 2. The van der Waals surface area contributed by atoms with E-state index in [4.69, 9.17) is 0 Å². The Bertz CT molecular complexity index is 835. The quantitative estimate of drug-likeness (QED) is 0.880. The molecule has 1 aromatic carbocycles. The molecule has 9 heteroatoms. The Labute approximate surface area is 137 Å². The number of thiazole rings is 1. The van der Waals surface area contributed by atoms with Gasteiger partial charge >= 0.3 is 6.03 Å². The van der Waals surface area contributed by atoms with Gasteiger partial charge < -0.3 is 5.32 Å². The number of benzene rings is 1. The molecule has 2 aromatic rings. The lowest BCUT2D eigenvalue weighted by molar-refractivity contribution is 0.252. The van der Waals surface area contributed by atoms with Crippen molar-refractivity contribution < 1.29 is 17.6 Å². The summed E-state index contributed by atoms with van der Waals surface area (Å²) in [6.07, 6.45) is 1.75. The summed E-state index contributed by atoms with van der Waals surface area (Å²) < 4.78 is 37.6. The highest BCUT2D eigenvalue weighted by Crippen LogP contribution is 2.27. The maximum absolute atomic E-state index is 13.5. The highest BCUT2D eigenvalue weighted by molar-refractivity contribution is 7.92. The molecule has 124 valence electrons. The lowest BCUT2D eigenvalue weighted by Gasteiger charge is -2.10. The largest absolute Gasteiger partial charge is 0.338 e. The van der Waals surface area contributed by atoms with Gasteiger partial charge in [-0.25, -0.2) is 22.6 Å². The molecule has 23 heavy (non-hydrogen) atoms.